The molecule has 2 atom stereocenters. The average Bonchev–Trinajstić information content (AvgIpc) is 2.75. The molecule has 2 heterocycles. The Morgan fingerprint density at radius 2 is 2.21 bits per heavy atom. The third kappa shape index (κ3) is 2.52. The van der Waals surface area contributed by atoms with E-state index < -0.39 is 0 Å². The summed E-state index contributed by atoms with van der Waals surface area (Å²) < 4.78 is 2.38. The van der Waals surface area contributed by atoms with Gasteiger partial charge in [0.05, 0.1) is 11.0 Å². The molecule has 0 amide bonds. The summed E-state index contributed by atoms with van der Waals surface area (Å²) in [7, 11) is 0. The van der Waals surface area contributed by atoms with Gasteiger partial charge in [-0.05, 0) is 51.3 Å². The van der Waals surface area contributed by atoms with Crippen LogP contribution in [0.1, 0.15) is 32.5 Å². The van der Waals surface area contributed by atoms with Crippen LogP contribution in [0.3, 0.4) is 0 Å². The standard InChI is InChI=1S/C16H23N3/c1-3-19-15-7-5-4-6-14(15)18-16(19)11-13-8-9-17-12(2)10-13/h4-7,12-13,17H,3,8-11H2,1-2H3. The molecule has 0 aliphatic carbocycles. The Hall–Kier alpha value is -1.35. The Bertz CT molecular complexity index is 558. The van der Waals surface area contributed by atoms with E-state index in [0.29, 0.717) is 6.04 Å². The van der Waals surface area contributed by atoms with Crippen molar-refractivity contribution in [2.45, 2.75) is 45.7 Å². The zero-order valence-electron chi connectivity index (χ0n) is 11.9. The lowest BCUT2D eigenvalue weighted by Gasteiger charge is -2.27. The van der Waals surface area contributed by atoms with Crippen molar-refractivity contribution in [2.75, 3.05) is 6.54 Å². The molecule has 2 unspecified atom stereocenters. The van der Waals surface area contributed by atoms with E-state index in [1.807, 2.05) is 0 Å². The largest absolute Gasteiger partial charge is 0.328 e. The molecule has 1 aromatic heterocycles. The summed E-state index contributed by atoms with van der Waals surface area (Å²) >= 11 is 0. The molecule has 0 saturated carbocycles. The van der Waals surface area contributed by atoms with Crippen molar-refractivity contribution >= 4 is 11.0 Å². The zero-order chi connectivity index (χ0) is 13.2. The highest BCUT2D eigenvalue weighted by atomic mass is 15.1. The number of hydrogen-bond donors (Lipinski definition) is 1. The van der Waals surface area contributed by atoms with Gasteiger partial charge in [-0.25, -0.2) is 4.98 Å². The van der Waals surface area contributed by atoms with E-state index in [-0.39, 0.29) is 0 Å². The van der Waals surface area contributed by atoms with Crippen molar-refractivity contribution in [2.24, 2.45) is 5.92 Å². The summed E-state index contributed by atoms with van der Waals surface area (Å²) in [4.78, 5) is 4.85. The Morgan fingerprint density at radius 3 is 3.00 bits per heavy atom. The minimum atomic E-state index is 0.651. The number of nitrogens with one attached hydrogen (secondary N) is 1. The van der Waals surface area contributed by atoms with Gasteiger partial charge in [-0.15, -0.1) is 0 Å². The molecule has 102 valence electrons. The first-order valence-electron chi connectivity index (χ1n) is 7.45. The molecular formula is C16H23N3. The summed E-state index contributed by atoms with van der Waals surface area (Å²) in [6.45, 7) is 6.66. The molecule has 3 nitrogen and oxygen atoms in total. The van der Waals surface area contributed by atoms with Gasteiger partial charge in [0.2, 0.25) is 0 Å². The quantitative estimate of drug-likeness (QED) is 0.916. The number of para-hydroxylation sites is 2. The number of imidazole rings is 1. The maximum atomic E-state index is 4.85. The fraction of sp³-hybridized carbons (Fsp3) is 0.562. The summed E-state index contributed by atoms with van der Waals surface area (Å²) in [6, 6.07) is 9.13. The maximum absolute atomic E-state index is 4.85. The Kier molecular flexibility index (Phi) is 3.56. The van der Waals surface area contributed by atoms with Crippen LogP contribution in [0.15, 0.2) is 24.3 Å². The van der Waals surface area contributed by atoms with Crippen LogP contribution < -0.4 is 5.32 Å². The lowest BCUT2D eigenvalue weighted by Crippen LogP contribution is -2.36. The Labute approximate surface area is 115 Å². The van der Waals surface area contributed by atoms with E-state index in [9.17, 15) is 0 Å². The molecule has 1 aliphatic rings. The molecule has 19 heavy (non-hydrogen) atoms. The number of rotatable bonds is 3. The maximum Gasteiger partial charge on any atom is 0.110 e. The molecule has 0 radical (unpaired) electrons. The van der Waals surface area contributed by atoms with Crippen LogP contribution in [-0.4, -0.2) is 22.1 Å². The number of piperidine rings is 1. The Morgan fingerprint density at radius 1 is 1.37 bits per heavy atom. The van der Waals surface area contributed by atoms with E-state index in [0.717, 1.165) is 30.9 Å². The second-order valence-electron chi connectivity index (χ2n) is 5.71. The number of aryl methyl sites for hydroxylation is 1. The molecule has 0 spiro atoms. The number of nitrogens with zero attached hydrogens (tertiary/aromatic N) is 2. The molecule has 2 aromatic rings. The number of fused-ring (bicyclic) bond motifs is 1. The second kappa shape index (κ2) is 5.33. The first-order chi connectivity index (χ1) is 9.28. The summed E-state index contributed by atoms with van der Waals surface area (Å²) in [6.07, 6.45) is 3.67. The van der Waals surface area contributed by atoms with Gasteiger partial charge in [-0.3, -0.25) is 0 Å². The van der Waals surface area contributed by atoms with E-state index in [1.165, 1.54) is 24.2 Å². The summed E-state index contributed by atoms with van der Waals surface area (Å²) in [5.41, 5.74) is 2.42. The molecule has 3 rings (SSSR count). The highest BCUT2D eigenvalue weighted by Gasteiger charge is 2.21. The average molecular weight is 257 g/mol. The smallest absolute Gasteiger partial charge is 0.110 e. The van der Waals surface area contributed by atoms with Gasteiger partial charge in [0.1, 0.15) is 5.82 Å². The van der Waals surface area contributed by atoms with Crippen molar-refractivity contribution in [1.82, 2.24) is 14.9 Å². The van der Waals surface area contributed by atoms with E-state index in [1.54, 1.807) is 0 Å². The lowest BCUT2D eigenvalue weighted by molar-refractivity contribution is 0.308. The fourth-order valence-corrected chi connectivity index (χ4v) is 3.31. The van der Waals surface area contributed by atoms with Crippen LogP contribution in [0.25, 0.3) is 11.0 Å². The minimum absolute atomic E-state index is 0.651. The SMILES string of the molecule is CCn1c(CC2CCNC(C)C2)nc2ccccc21. The van der Waals surface area contributed by atoms with Crippen LogP contribution in [0.2, 0.25) is 0 Å². The molecule has 1 aliphatic heterocycles. The third-order valence-corrected chi connectivity index (χ3v) is 4.25. The summed E-state index contributed by atoms with van der Waals surface area (Å²) in [5.74, 6) is 2.04. The summed E-state index contributed by atoms with van der Waals surface area (Å²) in [5, 5.41) is 3.53. The van der Waals surface area contributed by atoms with E-state index in [2.05, 4.69) is 48.0 Å². The molecule has 0 bridgehead atoms. The zero-order valence-corrected chi connectivity index (χ0v) is 11.9. The van der Waals surface area contributed by atoms with Gasteiger partial charge >= 0.3 is 0 Å². The second-order valence-corrected chi connectivity index (χ2v) is 5.71. The first-order valence-corrected chi connectivity index (χ1v) is 7.45. The van der Waals surface area contributed by atoms with Gasteiger partial charge in [0, 0.05) is 19.0 Å². The number of benzene rings is 1. The van der Waals surface area contributed by atoms with Gasteiger partial charge in [0.25, 0.3) is 0 Å². The van der Waals surface area contributed by atoms with Gasteiger partial charge in [-0.1, -0.05) is 12.1 Å². The Balaban J connectivity index is 1.87. The topological polar surface area (TPSA) is 29.9 Å². The van der Waals surface area contributed by atoms with Crippen molar-refractivity contribution in [3.63, 3.8) is 0 Å². The monoisotopic (exact) mass is 257 g/mol. The normalized spacial score (nSPS) is 23.9. The molecule has 1 N–H and O–H groups in total. The van der Waals surface area contributed by atoms with E-state index in [4.69, 9.17) is 4.98 Å². The van der Waals surface area contributed by atoms with Crippen LogP contribution in [0, 0.1) is 5.92 Å². The number of hydrogen-bond acceptors (Lipinski definition) is 2. The molecule has 3 heteroatoms. The molecule has 1 saturated heterocycles. The number of aromatic nitrogens is 2. The van der Waals surface area contributed by atoms with Crippen molar-refractivity contribution < 1.29 is 0 Å². The van der Waals surface area contributed by atoms with Gasteiger partial charge in [0.15, 0.2) is 0 Å². The van der Waals surface area contributed by atoms with Crippen molar-refractivity contribution in [3.05, 3.63) is 30.1 Å². The first kappa shape index (κ1) is 12.7. The highest BCUT2D eigenvalue weighted by Crippen LogP contribution is 2.23. The lowest BCUT2D eigenvalue weighted by atomic mass is 9.90. The molecular weight excluding hydrogens is 234 g/mol. The van der Waals surface area contributed by atoms with E-state index >= 15 is 0 Å². The van der Waals surface area contributed by atoms with Crippen LogP contribution >= 0.6 is 0 Å². The van der Waals surface area contributed by atoms with Gasteiger partial charge in [-0.2, -0.15) is 0 Å². The van der Waals surface area contributed by atoms with Gasteiger partial charge < -0.3 is 9.88 Å². The van der Waals surface area contributed by atoms with Crippen LogP contribution in [0.4, 0.5) is 0 Å². The minimum Gasteiger partial charge on any atom is -0.328 e. The van der Waals surface area contributed by atoms with Crippen LogP contribution in [0.5, 0.6) is 0 Å². The predicted molar refractivity (Wildman–Crippen MR) is 79.3 cm³/mol. The highest BCUT2D eigenvalue weighted by molar-refractivity contribution is 5.75. The van der Waals surface area contributed by atoms with Crippen molar-refractivity contribution in [3.8, 4) is 0 Å². The third-order valence-electron chi connectivity index (χ3n) is 4.25. The van der Waals surface area contributed by atoms with Crippen LogP contribution in [-0.2, 0) is 13.0 Å². The fourth-order valence-electron chi connectivity index (χ4n) is 3.31. The molecule has 1 aromatic carbocycles. The molecule has 1 fully saturated rings. The van der Waals surface area contributed by atoms with Crippen molar-refractivity contribution in [1.29, 1.82) is 0 Å². The predicted octanol–water partition coefficient (Wildman–Crippen LogP) is 2.99.